The molecule has 1 N–H and O–H groups in total. The smallest absolute Gasteiger partial charge is 0.327 e. The van der Waals surface area contributed by atoms with Crippen LogP contribution in [0.4, 0.5) is 4.79 Å². The number of carbonyl (C=O) groups excluding carboxylic acids is 3. The summed E-state index contributed by atoms with van der Waals surface area (Å²) in [6.07, 6.45) is 8.35. The predicted octanol–water partition coefficient (Wildman–Crippen LogP) is 1.93. The molecule has 2 aliphatic carbocycles. The summed E-state index contributed by atoms with van der Waals surface area (Å²) in [6.45, 7) is -0.298. The summed E-state index contributed by atoms with van der Waals surface area (Å²) in [4.78, 5) is 40.5. The number of amides is 4. The van der Waals surface area contributed by atoms with E-state index in [1.165, 1.54) is 4.90 Å². The number of hydrogen-bond donors (Lipinski definition) is 1. The molecule has 3 aliphatic rings. The van der Waals surface area contributed by atoms with Gasteiger partial charge in [0.2, 0.25) is 5.91 Å². The van der Waals surface area contributed by atoms with E-state index in [9.17, 15) is 19.6 Å². The highest BCUT2D eigenvalue weighted by atomic mass is 16.2. The number of imide groups is 1. The van der Waals surface area contributed by atoms with Crippen LogP contribution in [0.1, 0.15) is 64.2 Å². The third-order valence-electron chi connectivity index (χ3n) is 6.09. The maximum atomic E-state index is 12.9. The first-order valence-electron chi connectivity index (χ1n) is 9.26. The molecule has 4 amide bonds. The molecule has 1 aliphatic heterocycles. The van der Waals surface area contributed by atoms with Gasteiger partial charge in [-0.05, 0) is 25.7 Å². The van der Waals surface area contributed by atoms with E-state index in [-0.39, 0.29) is 12.5 Å². The Morgan fingerprint density at radius 3 is 2.20 bits per heavy atom. The third-order valence-corrected chi connectivity index (χ3v) is 6.09. The lowest BCUT2D eigenvalue weighted by atomic mass is 9.80. The SMILES string of the molecule is CN1C(=O)N(CC(=O)NC2(C#N)CCCCC2)C(=O)C12CCCCC2. The van der Waals surface area contributed by atoms with E-state index in [0.717, 1.165) is 43.4 Å². The number of carbonyl (C=O) groups is 3. The van der Waals surface area contributed by atoms with Crippen molar-refractivity contribution in [3.8, 4) is 6.07 Å². The lowest BCUT2D eigenvalue weighted by molar-refractivity contribution is -0.137. The van der Waals surface area contributed by atoms with Gasteiger partial charge in [-0.15, -0.1) is 0 Å². The van der Waals surface area contributed by atoms with Gasteiger partial charge in [-0.1, -0.05) is 38.5 Å². The zero-order chi connectivity index (χ0) is 18.1. The van der Waals surface area contributed by atoms with Crippen molar-refractivity contribution >= 4 is 17.8 Å². The Bertz CT molecular complexity index is 612. The van der Waals surface area contributed by atoms with Crippen molar-refractivity contribution in [2.75, 3.05) is 13.6 Å². The number of likely N-dealkylation sites (N-methyl/N-ethyl adjacent to an activating group) is 1. The van der Waals surface area contributed by atoms with Gasteiger partial charge in [-0.2, -0.15) is 5.26 Å². The molecule has 0 aromatic rings. The van der Waals surface area contributed by atoms with Gasteiger partial charge >= 0.3 is 6.03 Å². The lowest BCUT2D eigenvalue weighted by Gasteiger charge is -2.35. The quantitative estimate of drug-likeness (QED) is 0.790. The lowest BCUT2D eigenvalue weighted by Crippen LogP contribution is -2.53. The van der Waals surface area contributed by atoms with Gasteiger partial charge in [0.1, 0.15) is 17.6 Å². The Hall–Kier alpha value is -2.10. The number of rotatable bonds is 3. The molecule has 1 spiro atoms. The Morgan fingerprint density at radius 2 is 1.64 bits per heavy atom. The number of nitrogens with zero attached hydrogens (tertiary/aromatic N) is 3. The molecule has 1 saturated heterocycles. The summed E-state index contributed by atoms with van der Waals surface area (Å²) < 4.78 is 0. The fraction of sp³-hybridized carbons (Fsp3) is 0.778. The van der Waals surface area contributed by atoms with Gasteiger partial charge < -0.3 is 10.2 Å². The maximum absolute atomic E-state index is 12.9. The van der Waals surface area contributed by atoms with E-state index in [4.69, 9.17) is 0 Å². The number of urea groups is 1. The van der Waals surface area contributed by atoms with E-state index in [2.05, 4.69) is 11.4 Å². The Morgan fingerprint density at radius 1 is 1.08 bits per heavy atom. The molecule has 136 valence electrons. The number of nitriles is 1. The highest BCUT2D eigenvalue weighted by molar-refractivity contribution is 6.09. The molecule has 0 bridgehead atoms. The minimum Gasteiger partial charge on any atom is -0.336 e. The van der Waals surface area contributed by atoms with Crippen LogP contribution in [0.2, 0.25) is 0 Å². The van der Waals surface area contributed by atoms with Gasteiger partial charge in [-0.25, -0.2) is 4.79 Å². The summed E-state index contributed by atoms with van der Waals surface area (Å²) in [5, 5.41) is 12.3. The van der Waals surface area contributed by atoms with Gasteiger partial charge in [0.05, 0.1) is 6.07 Å². The second kappa shape index (κ2) is 6.66. The fourth-order valence-corrected chi connectivity index (χ4v) is 4.54. The molecular weight excluding hydrogens is 320 g/mol. The molecule has 3 rings (SSSR count). The van der Waals surface area contributed by atoms with Crippen LogP contribution in [0.3, 0.4) is 0 Å². The van der Waals surface area contributed by atoms with E-state index in [1.807, 2.05) is 0 Å². The minimum absolute atomic E-state index is 0.260. The van der Waals surface area contributed by atoms with Crippen LogP contribution in [-0.2, 0) is 9.59 Å². The molecular formula is C18H26N4O3. The van der Waals surface area contributed by atoms with Gasteiger partial charge in [0.15, 0.2) is 0 Å². The largest absolute Gasteiger partial charge is 0.336 e. The molecule has 0 radical (unpaired) electrons. The van der Waals surface area contributed by atoms with Crippen molar-refractivity contribution in [1.82, 2.24) is 15.1 Å². The second-order valence-corrected chi connectivity index (χ2v) is 7.63. The fourth-order valence-electron chi connectivity index (χ4n) is 4.54. The van der Waals surface area contributed by atoms with Crippen LogP contribution in [0.25, 0.3) is 0 Å². The van der Waals surface area contributed by atoms with E-state index >= 15 is 0 Å². The molecule has 7 nitrogen and oxygen atoms in total. The average Bonchev–Trinajstić information content (AvgIpc) is 2.79. The van der Waals surface area contributed by atoms with Gasteiger partial charge in [-0.3, -0.25) is 14.5 Å². The van der Waals surface area contributed by atoms with Crippen LogP contribution in [0.5, 0.6) is 0 Å². The van der Waals surface area contributed by atoms with E-state index < -0.39 is 23.0 Å². The average molecular weight is 346 g/mol. The van der Waals surface area contributed by atoms with Crippen LogP contribution in [0.15, 0.2) is 0 Å². The molecule has 25 heavy (non-hydrogen) atoms. The van der Waals surface area contributed by atoms with E-state index in [1.54, 1.807) is 7.05 Å². The Balaban J connectivity index is 1.70. The van der Waals surface area contributed by atoms with Crippen molar-refractivity contribution in [1.29, 1.82) is 5.26 Å². The summed E-state index contributed by atoms with van der Waals surface area (Å²) in [5.41, 5.74) is -1.62. The van der Waals surface area contributed by atoms with Crippen molar-refractivity contribution in [2.45, 2.75) is 75.3 Å². The maximum Gasteiger partial charge on any atom is 0.327 e. The van der Waals surface area contributed by atoms with Gasteiger partial charge in [0.25, 0.3) is 5.91 Å². The Labute approximate surface area is 148 Å². The van der Waals surface area contributed by atoms with Crippen molar-refractivity contribution in [3.05, 3.63) is 0 Å². The first kappa shape index (κ1) is 17.7. The summed E-state index contributed by atoms with van der Waals surface area (Å²) in [5.74, 6) is -0.684. The molecule has 0 aromatic heterocycles. The molecule has 0 atom stereocenters. The summed E-state index contributed by atoms with van der Waals surface area (Å²) >= 11 is 0. The minimum atomic E-state index is -0.852. The number of nitrogens with one attached hydrogen (secondary N) is 1. The van der Waals surface area contributed by atoms with Crippen LogP contribution in [-0.4, -0.2) is 52.3 Å². The monoisotopic (exact) mass is 346 g/mol. The normalized spacial score (nSPS) is 25.1. The van der Waals surface area contributed by atoms with Crippen LogP contribution < -0.4 is 5.32 Å². The topological polar surface area (TPSA) is 93.5 Å². The number of hydrogen-bond acceptors (Lipinski definition) is 4. The van der Waals surface area contributed by atoms with Crippen molar-refractivity contribution in [2.24, 2.45) is 0 Å². The van der Waals surface area contributed by atoms with Crippen LogP contribution in [0, 0.1) is 11.3 Å². The summed E-state index contributed by atoms with van der Waals surface area (Å²) in [7, 11) is 1.65. The summed E-state index contributed by atoms with van der Waals surface area (Å²) in [6, 6.07) is 1.82. The van der Waals surface area contributed by atoms with Crippen LogP contribution >= 0.6 is 0 Å². The Kier molecular flexibility index (Phi) is 4.72. The van der Waals surface area contributed by atoms with Crippen molar-refractivity contribution < 1.29 is 14.4 Å². The first-order chi connectivity index (χ1) is 11.9. The first-order valence-corrected chi connectivity index (χ1v) is 9.26. The molecule has 0 aromatic carbocycles. The molecule has 7 heteroatoms. The van der Waals surface area contributed by atoms with Gasteiger partial charge in [0, 0.05) is 7.05 Å². The highest BCUT2D eigenvalue weighted by Gasteiger charge is 2.56. The molecule has 1 heterocycles. The molecule has 2 saturated carbocycles. The molecule has 0 unspecified atom stereocenters. The zero-order valence-electron chi connectivity index (χ0n) is 14.8. The predicted molar refractivity (Wildman–Crippen MR) is 90.3 cm³/mol. The molecule has 3 fully saturated rings. The van der Waals surface area contributed by atoms with Crippen molar-refractivity contribution in [3.63, 3.8) is 0 Å². The highest BCUT2D eigenvalue weighted by Crippen LogP contribution is 2.39. The third kappa shape index (κ3) is 2.99. The standard InChI is InChI=1S/C18H26N4O3/c1-21-16(25)22(15(24)18(21)10-6-3-7-11-18)12-14(23)20-17(13-19)8-4-2-5-9-17/h2-12H2,1H3,(H,20,23). The van der Waals surface area contributed by atoms with E-state index in [0.29, 0.717) is 25.7 Å². The second-order valence-electron chi connectivity index (χ2n) is 7.63. The zero-order valence-corrected chi connectivity index (χ0v) is 14.8.